The van der Waals surface area contributed by atoms with Gasteiger partial charge in [0.05, 0.1) is 18.9 Å². The number of sulfonamides is 1. The minimum Gasteiger partial charge on any atom is -0.504 e. The highest BCUT2D eigenvalue weighted by atomic mass is 32.2. The fourth-order valence-electron chi connectivity index (χ4n) is 2.82. The first kappa shape index (κ1) is 22.7. The zero-order valence-electron chi connectivity index (χ0n) is 17.3. The van der Waals surface area contributed by atoms with Crippen molar-refractivity contribution < 1.29 is 23.0 Å². The molecule has 158 valence electrons. The number of phenolic OH excluding ortho intramolecular Hbond substituents is 1. The molecule has 0 aliphatic rings. The third kappa shape index (κ3) is 5.27. The SMILES string of the molecule is CCOc1ccc(N=Cc2cccc(OCC)c2O)cc1S(=O)(=O)N(CC)CC. The number of aliphatic imine (C=N–C) groups is 1. The van der Waals surface area contributed by atoms with Crippen LogP contribution in [0.3, 0.4) is 0 Å². The van der Waals surface area contributed by atoms with E-state index in [0.29, 0.717) is 49.1 Å². The summed E-state index contributed by atoms with van der Waals surface area (Å²) in [6.45, 7) is 8.70. The molecule has 0 aliphatic heterocycles. The van der Waals surface area contributed by atoms with Crippen LogP contribution in [-0.2, 0) is 10.0 Å². The van der Waals surface area contributed by atoms with Crippen molar-refractivity contribution in [2.75, 3.05) is 26.3 Å². The smallest absolute Gasteiger partial charge is 0.246 e. The summed E-state index contributed by atoms with van der Waals surface area (Å²) in [6, 6.07) is 9.87. The van der Waals surface area contributed by atoms with Crippen LogP contribution in [0.1, 0.15) is 33.3 Å². The topological polar surface area (TPSA) is 88.4 Å². The highest BCUT2D eigenvalue weighted by molar-refractivity contribution is 7.89. The van der Waals surface area contributed by atoms with Gasteiger partial charge in [-0.25, -0.2) is 8.42 Å². The number of aromatic hydroxyl groups is 1. The normalized spacial score (nSPS) is 11.9. The largest absolute Gasteiger partial charge is 0.504 e. The zero-order valence-corrected chi connectivity index (χ0v) is 18.1. The van der Waals surface area contributed by atoms with Crippen molar-refractivity contribution >= 4 is 21.9 Å². The molecule has 0 amide bonds. The number of benzene rings is 2. The van der Waals surface area contributed by atoms with E-state index < -0.39 is 10.0 Å². The van der Waals surface area contributed by atoms with E-state index in [4.69, 9.17) is 9.47 Å². The van der Waals surface area contributed by atoms with Crippen LogP contribution in [0.15, 0.2) is 46.3 Å². The minimum atomic E-state index is -3.72. The molecule has 0 atom stereocenters. The first-order valence-corrected chi connectivity index (χ1v) is 11.1. The highest BCUT2D eigenvalue weighted by Gasteiger charge is 2.26. The first-order valence-electron chi connectivity index (χ1n) is 9.64. The summed E-state index contributed by atoms with van der Waals surface area (Å²) in [5, 5.41) is 10.3. The summed E-state index contributed by atoms with van der Waals surface area (Å²) in [4.78, 5) is 4.42. The fourth-order valence-corrected chi connectivity index (χ4v) is 4.42. The second-order valence-electron chi connectivity index (χ2n) is 6.04. The molecule has 0 saturated carbocycles. The average molecular weight is 421 g/mol. The van der Waals surface area contributed by atoms with Gasteiger partial charge in [-0.15, -0.1) is 0 Å². The predicted octanol–water partition coefficient (Wildman–Crippen LogP) is 3.97. The Morgan fingerprint density at radius 1 is 1.00 bits per heavy atom. The van der Waals surface area contributed by atoms with Gasteiger partial charge in [0.1, 0.15) is 10.6 Å². The molecule has 0 aromatic heterocycles. The number of phenols is 1. The van der Waals surface area contributed by atoms with E-state index in [2.05, 4.69) is 4.99 Å². The minimum absolute atomic E-state index is 0.0139. The monoisotopic (exact) mass is 420 g/mol. The Bertz CT molecular complexity index is 954. The number of rotatable bonds is 10. The third-order valence-electron chi connectivity index (χ3n) is 4.23. The molecule has 29 heavy (non-hydrogen) atoms. The summed E-state index contributed by atoms with van der Waals surface area (Å²) in [7, 11) is -3.72. The molecule has 0 aliphatic carbocycles. The van der Waals surface area contributed by atoms with E-state index in [1.54, 1.807) is 51.1 Å². The maximum atomic E-state index is 13.0. The Balaban J connectivity index is 2.46. The van der Waals surface area contributed by atoms with E-state index >= 15 is 0 Å². The van der Waals surface area contributed by atoms with Crippen LogP contribution in [0.2, 0.25) is 0 Å². The van der Waals surface area contributed by atoms with Crippen LogP contribution in [0.5, 0.6) is 17.2 Å². The Morgan fingerprint density at radius 2 is 1.66 bits per heavy atom. The van der Waals surface area contributed by atoms with Crippen molar-refractivity contribution in [2.45, 2.75) is 32.6 Å². The Hall–Kier alpha value is -2.58. The first-order chi connectivity index (χ1) is 13.9. The van der Waals surface area contributed by atoms with E-state index in [0.717, 1.165) is 0 Å². The van der Waals surface area contributed by atoms with Crippen molar-refractivity contribution in [3.8, 4) is 17.2 Å². The van der Waals surface area contributed by atoms with Gasteiger partial charge in [0, 0.05) is 24.9 Å². The van der Waals surface area contributed by atoms with Crippen molar-refractivity contribution in [1.29, 1.82) is 0 Å². The number of hydrogen-bond acceptors (Lipinski definition) is 6. The van der Waals surface area contributed by atoms with Crippen molar-refractivity contribution in [1.82, 2.24) is 4.31 Å². The lowest BCUT2D eigenvalue weighted by Gasteiger charge is -2.20. The Labute approximate surface area is 172 Å². The van der Waals surface area contributed by atoms with E-state index in [-0.39, 0.29) is 10.6 Å². The van der Waals surface area contributed by atoms with E-state index in [1.165, 1.54) is 16.6 Å². The van der Waals surface area contributed by atoms with Gasteiger partial charge in [0.2, 0.25) is 10.0 Å². The molecule has 0 radical (unpaired) electrons. The average Bonchev–Trinajstić information content (AvgIpc) is 2.70. The van der Waals surface area contributed by atoms with Gasteiger partial charge in [-0.3, -0.25) is 4.99 Å². The quantitative estimate of drug-likeness (QED) is 0.588. The molecule has 0 fully saturated rings. The number of nitrogens with zero attached hydrogens (tertiary/aromatic N) is 2. The van der Waals surface area contributed by atoms with E-state index in [1.807, 2.05) is 6.92 Å². The fraction of sp³-hybridized carbons (Fsp3) is 0.381. The molecule has 0 spiro atoms. The second-order valence-corrected chi connectivity index (χ2v) is 7.94. The number of para-hydroxylation sites is 1. The molecule has 2 aromatic carbocycles. The van der Waals surface area contributed by atoms with Gasteiger partial charge >= 0.3 is 0 Å². The molecular formula is C21H28N2O5S. The van der Waals surface area contributed by atoms with Crippen LogP contribution in [0.25, 0.3) is 0 Å². The molecule has 0 unspecified atom stereocenters. The van der Waals surface area contributed by atoms with Gasteiger partial charge in [-0.1, -0.05) is 19.9 Å². The Kier molecular flexibility index (Phi) is 8.04. The summed E-state index contributed by atoms with van der Waals surface area (Å²) in [6.07, 6.45) is 1.47. The van der Waals surface area contributed by atoms with Crippen LogP contribution in [0, 0.1) is 0 Å². The van der Waals surface area contributed by atoms with Crippen molar-refractivity contribution in [3.05, 3.63) is 42.0 Å². The van der Waals surface area contributed by atoms with E-state index in [9.17, 15) is 13.5 Å². The summed E-state index contributed by atoms with van der Waals surface area (Å²) in [5.41, 5.74) is 0.901. The number of ether oxygens (including phenoxy) is 2. The molecule has 1 N–H and O–H groups in total. The number of hydrogen-bond donors (Lipinski definition) is 1. The van der Waals surface area contributed by atoms with Gasteiger partial charge < -0.3 is 14.6 Å². The van der Waals surface area contributed by atoms with Crippen molar-refractivity contribution in [2.24, 2.45) is 4.99 Å². The molecule has 8 heteroatoms. The van der Waals surface area contributed by atoms with Crippen LogP contribution in [0.4, 0.5) is 5.69 Å². The zero-order chi connectivity index (χ0) is 21.4. The molecule has 2 rings (SSSR count). The third-order valence-corrected chi connectivity index (χ3v) is 6.30. The summed E-state index contributed by atoms with van der Waals surface area (Å²) in [5.74, 6) is 0.646. The molecular weight excluding hydrogens is 392 g/mol. The maximum Gasteiger partial charge on any atom is 0.246 e. The lowest BCUT2D eigenvalue weighted by molar-refractivity contribution is 0.318. The predicted molar refractivity (Wildman–Crippen MR) is 114 cm³/mol. The molecule has 0 saturated heterocycles. The van der Waals surface area contributed by atoms with Gasteiger partial charge in [0.15, 0.2) is 11.5 Å². The summed E-state index contributed by atoms with van der Waals surface area (Å²) < 4.78 is 38.3. The summed E-state index contributed by atoms with van der Waals surface area (Å²) >= 11 is 0. The van der Waals surface area contributed by atoms with Crippen LogP contribution in [-0.4, -0.2) is 50.3 Å². The van der Waals surface area contributed by atoms with Crippen LogP contribution >= 0.6 is 0 Å². The standard InChI is InChI=1S/C21H28N2O5S/c1-5-23(6-2)29(25,26)20-14-17(12-13-18(20)27-7-3)22-15-16-10-9-11-19(21(16)24)28-8-4/h9-15,24H,5-8H2,1-4H3. The molecule has 0 bridgehead atoms. The lowest BCUT2D eigenvalue weighted by atomic mass is 10.2. The maximum absolute atomic E-state index is 13.0. The van der Waals surface area contributed by atoms with Crippen molar-refractivity contribution in [3.63, 3.8) is 0 Å². The molecule has 2 aromatic rings. The molecule has 7 nitrogen and oxygen atoms in total. The Morgan fingerprint density at radius 3 is 2.28 bits per heavy atom. The van der Waals surface area contributed by atoms with Gasteiger partial charge in [-0.05, 0) is 44.2 Å². The second kappa shape index (κ2) is 10.3. The molecule has 0 heterocycles. The van der Waals surface area contributed by atoms with Gasteiger partial charge in [-0.2, -0.15) is 4.31 Å². The van der Waals surface area contributed by atoms with Gasteiger partial charge in [0.25, 0.3) is 0 Å². The van der Waals surface area contributed by atoms with Crippen LogP contribution < -0.4 is 9.47 Å². The lowest BCUT2D eigenvalue weighted by Crippen LogP contribution is -2.30. The highest BCUT2D eigenvalue weighted by Crippen LogP contribution is 2.32.